The van der Waals surface area contributed by atoms with Crippen LogP contribution in [0, 0.1) is 5.92 Å². The number of hydrogen-bond donors (Lipinski definition) is 0. The average molecular weight is 192 g/mol. The molecule has 6 heteroatoms. The van der Waals surface area contributed by atoms with Crippen molar-refractivity contribution in [2.24, 2.45) is 5.92 Å². The predicted molar refractivity (Wildman–Crippen MR) is 31.8 cm³/mol. The summed E-state index contributed by atoms with van der Waals surface area (Å²) in [6, 6.07) is 0. The summed E-state index contributed by atoms with van der Waals surface area (Å²) in [4.78, 5) is 0. The van der Waals surface area contributed by atoms with Crippen LogP contribution < -0.4 is 0 Å². The molecular formula is C6H9F5O. The molecule has 0 aliphatic rings. The Bertz CT molecular complexity index is 139. The molecule has 0 aromatic rings. The van der Waals surface area contributed by atoms with Gasteiger partial charge in [-0.25, -0.2) is 0 Å². The standard InChI is InChI=1S/C6H9F5O/c1-4(2)6(10,11)12-3-5(7,8)9/h4H,3H2,1-2H3. The highest BCUT2D eigenvalue weighted by Gasteiger charge is 2.39. The van der Waals surface area contributed by atoms with Gasteiger partial charge in [-0.15, -0.1) is 0 Å². The fourth-order valence-corrected chi connectivity index (χ4v) is 0.345. The Morgan fingerprint density at radius 1 is 1.08 bits per heavy atom. The van der Waals surface area contributed by atoms with Gasteiger partial charge in [0.25, 0.3) is 0 Å². The van der Waals surface area contributed by atoms with Crippen molar-refractivity contribution in [2.45, 2.75) is 26.1 Å². The van der Waals surface area contributed by atoms with Crippen molar-refractivity contribution in [1.82, 2.24) is 0 Å². The molecule has 0 saturated carbocycles. The van der Waals surface area contributed by atoms with Crippen molar-refractivity contribution in [2.75, 3.05) is 6.61 Å². The van der Waals surface area contributed by atoms with E-state index in [4.69, 9.17) is 0 Å². The lowest BCUT2D eigenvalue weighted by Crippen LogP contribution is -2.32. The molecule has 0 spiro atoms. The zero-order valence-electron chi connectivity index (χ0n) is 6.58. The van der Waals surface area contributed by atoms with Crippen LogP contribution in [0.1, 0.15) is 13.8 Å². The van der Waals surface area contributed by atoms with Crippen molar-refractivity contribution in [3.05, 3.63) is 0 Å². The third-order valence-corrected chi connectivity index (χ3v) is 1.10. The maximum Gasteiger partial charge on any atom is 0.412 e. The maximum absolute atomic E-state index is 12.4. The molecule has 0 heterocycles. The molecule has 0 atom stereocenters. The summed E-state index contributed by atoms with van der Waals surface area (Å²) >= 11 is 0. The van der Waals surface area contributed by atoms with E-state index in [2.05, 4.69) is 4.74 Å². The lowest BCUT2D eigenvalue weighted by Gasteiger charge is -2.20. The molecule has 0 N–H and O–H groups in total. The maximum atomic E-state index is 12.4. The summed E-state index contributed by atoms with van der Waals surface area (Å²) in [7, 11) is 0. The van der Waals surface area contributed by atoms with Gasteiger partial charge in [-0.3, -0.25) is 0 Å². The third-order valence-electron chi connectivity index (χ3n) is 1.10. The molecule has 0 aromatic heterocycles. The number of hydrogen-bond acceptors (Lipinski definition) is 1. The van der Waals surface area contributed by atoms with Crippen molar-refractivity contribution in [1.29, 1.82) is 0 Å². The lowest BCUT2D eigenvalue weighted by atomic mass is 10.2. The normalized spacial score (nSPS) is 14.0. The third kappa shape index (κ3) is 4.48. The van der Waals surface area contributed by atoms with Crippen LogP contribution in [0.2, 0.25) is 0 Å². The minimum absolute atomic E-state index is 1.08. The number of halogens is 5. The number of alkyl halides is 5. The number of rotatable bonds is 3. The minimum Gasteiger partial charge on any atom is -0.311 e. The van der Waals surface area contributed by atoms with Crippen molar-refractivity contribution in [3.8, 4) is 0 Å². The SMILES string of the molecule is CC(C)C(F)(F)OCC(F)(F)F. The molecule has 1 nitrogen and oxygen atoms in total. The Balaban J connectivity index is 3.93. The van der Waals surface area contributed by atoms with Gasteiger partial charge in [-0.2, -0.15) is 22.0 Å². The van der Waals surface area contributed by atoms with Crippen LogP contribution in [-0.4, -0.2) is 18.9 Å². The highest BCUT2D eigenvalue weighted by Crippen LogP contribution is 2.28. The van der Waals surface area contributed by atoms with Gasteiger partial charge in [0.1, 0.15) is 6.61 Å². The Labute approximate surface area is 66.5 Å². The summed E-state index contributed by atoms with van der Waals surface area (Å²) in [6.07, 6.45) is -8.42. The van der Waals surface area contributed by atoms with Crippen LogP contribution in [0.15, 0.2) is 0 Å². The van der Waals surface area contributed by atoms with E-state index in [0.717, 1.165) is 13.8 Å². The van der Waals surface area contributed by atoms with E-state index in [1.807, 2.05) is 0 Å². The Hall–Kier alpha value is -0.390. The van der Waals surface area contributed by atoms with E-state index in [9.17, 15) is 22.0 Å². The summed E-state index contributed by atoms with van der Waals surface area (Å²) in [5.74, 6) is -1.26. The van der Waals surface area contributed by atoms with Crippen LogP contribution in [0.4, 0.5) is 22.0 Å². The highest BCUT2D eigenvalue weighted by atomic mass is 19.4. The lowest BCUT2D eigenvalue weighted by molar-refractivity contribution is -0.306. The van der Waals surface area contributed by atoms with E-state index in [1.54, 1.807) is 0 Å². The van der Waals surface area contributed by atoms with Crippen molar-refractivity contribution in [3.63, 3.8) is 0 Å². The second kappa shape index (κ2) is 3.55. The topological polar surface area (TPSA) is 9.23 Å². The van der Waals surface area contributed by atoms with Gasteiger partial charge in [-0.05, 0) is 0 Å². The summed E-state index contributed by atoms with van der Waals surface area (Å²) in [5, 5.41) is 0. The molecule has 0 radical (unpaired) electrons. The first-order valence-corrected chi connectivity index (χ1v) is 3.23. The smallest absolute Gasteiger partial charge is 0.311 e. The molecule has 0 saturated heterocycles. The number of ether oxygens (including phenoxy) is 1. The Kier molecular flexibility index (Phi) is 3.44. The molecule has 12 heavy (non-hydrogen) atoms. The van der Waals surface area contributed by atoms with Gasteiger partial charge in [0.2, 0.25) is 0 Å². The molecule has 0 aliphatic carbocycles. The summed E-state index contributed by atoms with van der Waals surface area (Å²) in [5.41, 5.74) is 0. The first-order valence-electron chi connectivity index (χ1n) is 3.23. The first-order chi connectivity index (χ1) is 5.15. The van der Waals surface area contributed by atoms with Gasteiger partial charge >= 0.3 is 12.3 Å². The van der Waals surface area contributed by atoms with Crippen LogP contribution >= 0.6 is 0 Å². The van der Waals surface area contributed by atoms with Crippen LogP contribution in [0.5, 0.6) is 0 Å². The second-order valence-electron chi connectivity index (χ2n) is 2.62. The molecule has 0 amide bonds. The van der Waals surface area contributed by atoms with Crippen LogP contribution in [0.25, 0.3) is 0 Å². The fourth-order valence-electron chi connectivity index (χ4n) is 0.345. The first kappa shape index (κ1) is 11.6. The van der Waals surface area contributed by atoms with Gasteiger partial charge in [0.15, 0.2) is 0 Å². The molecule has 0 rings (SSSR count). The molecule has 0 aliphatic heterocycles. The van der Waals surface area contributed by atoms with Gasteiger partial charge in [0.05, 0.1) is 0 Å². The molecule has 74 valence electrons. The largest absolute Gasteiger partial charge is 0.412 e. The van der Waals surface area contributed by atoms with Gasteiger partial charge in [-0.1, -0.05) is 13.8 Å². The quantitative estimate of drug-likeness (QED) is 0.624. The monoisotopic (exact) mass is 192 g/mol. The Morgan fingerprint density at radius 3 is 1.75 bits per heavy atom. The summed E-state index contributed by atoms with van der Waals surface area (Å²) in [6.45, 7) is 0.241. The van der Waals surface area contributed by atoms with Crippen LogP contribution in [-0.2, 0) is 4.74 Å². The van der Waals surface area contributed by atoms with Gasteiger partial charge in [0, 0.05) is 5.92 Å². The minimum atomic E-state index is -4.71. The van der Waals surface area contributed by atoms with Crippen molar-refractivity contribution >= 4 is 0 Å². The zero-order valence-corrected chi connectivity index (χ0v) is 6.58. The molecule has 0 bridgehead atoms. The van der Waals surface area contributed by atoms with Crippen LogP contribution in [0.3, 0.4) is 0 Å². The van der Waals surface area contributed by atoms with E-state index >= 15 is 0 Å². The zero-order chi connectivity index (χ0) is 9.99. The van der Waals surface area contributed by atoms with E-state index in [1.165, 1.54) is 0 Å². The molecule has 0 unspecified atom stereocenters. The van der Waals surface area contributed by atoms with E-state index < -0.39 is 24.8 Å². The van der Waals surface area contributed by atoms with Crippen molar-refractivity contribution < 1.29 is 26.7 Å². The average Bonchev–Trinajstić information content (AvgIpc) is 1.82. The van der Waals surface area contributed by atoms with E-state index in [0.29, 0.717) is 0 Å². The molecule has 0 fully saturated rings. The molecular weight excluding hydrogens is 183 g/mol. The fraction of sp³-hybridized carbons (Fsp3) is 1.00. The van der Waals surface area contributed by atoms with Gasteiger partial charge < -0.3 is 4.74 Å². The second-order valence-corrected chi connectivity index (χ2v) is 2.62. The van der Waals surface area contributed by atoms with E-state index in [-0.39, 0.29) is 0 Å². The highest BCUT2D eigenvalue weighted by molar-refractivity contribution is 4.59. The predicted octanol–water partition coefficient (Wildman–Crippen LogP) is 2.81. The molecule has 0 aromatic carbocycles. The Morgan fingerprint density at radius 2 is 1.50 bits per heavy atom. The summed E-state index contributed by atoms with van der Waals surface area (Å²) < 4.78 is 62.3.